The molecule has 0 heterocycles. The van der Waals surface area contributed by atoms with E-state index in [0.29, 0.717) is 24.2 Å². The van der Waals surface area contributed by atoms with Crippen LogP contribution in [0.4, 0.5) is 4.39 Å². The van der Waals surface area contributed by atoms with Crippen molar-refractivity contribution in [1.82, 2.24) is 4.90 Å². The molecular weight excluding hydrogens is 273 g/mol. The SMILES string of the molecule is Cc1cc(F)cc(C(=O)N(CC/C(N)=N/O)CC(C)C)c1. The number of benzene rings is 1. The van der Waals surface area contributed by atoms with Gasteiger partial charge in [0.05, 0.1) is 0 Å². The monoisotopic (exact) mass is 295 g/mol. The summed E-state index contributed by atoms with van der Waals surface area (Å²) < 4.78 is 13.4. The lowest BCUT2D eigenvalue weighted by Gasteiger charge is -2.24. The lowest BCUT2D eigenvalue weighted by molar-refractivity contribution is 0.0740. The Bertz CT molecular complexity index is 509. The van der Waals surface area contributed by atoms with Gasteiger partial charge in [-0.05, 0) is 36.6 Å². The Balaban J connectivity index is 2.93. The minimum absolute atomic E-state index is 0.0620. The van der Waals surface area contributed by atoms with Gasteiger partial charge in [0, 0.05) is 25.1 Å². The molecule has 116 valence electrons. The third-order valence-electron chi connectivity index (χ3n) is 2.93. The number of nitrogens with zero attached hydrogens (tertiary/aromatic N) is 2. The number of halogens is 1. The normalized spacial score (nSPS) is 11.8. The number of aryl methyl sites for hydroxylation is 1. The van der Waals surface area contributed by atoms with E-state index in [2.05, 4.69) is 5.16 Å². The Labute approximate surface area is 124 Å². The summed E-state index contributed by atoms with van der Waals surface area (Å²) in [7, 11) is 0. The van der Waals surface area contributed by atoms with E-state index in [4.69, 9.17) is 10.9 Å². The van der Waals surface area contributed by atoms with Gasteiger partial charge in [-0.2, -0.15) is 0 Å². The van der Waals surface area contributed by atoms with E-state index in [9.17, 15) is 9.18 Å². The number of amidine groups is 1. The lowest BCUT2D eigenvalue weighted by atomic mass is 10.1. The van der Waals surface area contributed by atoms with Crippen molar-refractivity contribution in [2.75, 3.05) is 13.1 Å². The van der Waals surface area contributed by atoms with Crippen LogP contribution in [0.1, 0.15) is 36.2 Å². The molecule has 0 bridgehead atoms. The van der Waals surface area contributed by atoms with E-state index in [1.807, 2.05) is 13.8 Å². The first-order chi connectivity index (χ1) is 9.83. The van der Waals surface area contributed by atoms with Gasteiger partial charge in [0.2, 0.25) is 0 Å². The number of oxime groups is 1. The van der Waals surface area contributed by atoms with E-state index in [1.54, 1.807) is 17.9 Å². The van der Waals surface area contributed by atoms with E-state index in [0.717, 1.165) is 0 Å². The second-order valence-corrected chi connectivity index (χ2v) is 5.50. The molecule has 1 amide bonds. The molecule has 1 rings (SSSR count). The molecule has 0 aliphatic carbocycles. The average Bonchev–Trinajstić information content (AvgIpc) is 2.40. The predicted octanol–water partition coefficient (Wildman–Crippen LogP) is 2.37. The zero-order valence-electron chi connectivity index (χ0n) is 12.6. The quantitative estimate of drug-likeness (QED) is 0.366. The Morgan fingerprint density at radius 1 is 1.43 bits per heavy atom. The molecule has 0 atom stereocenters. The molecule has 0 saturated heterocycles. The van der Waals surface area contributed by atoms with E-state index < -0.39 is 5.82 Å². The maximum Gasteiger partial charge on any atom is 0.253 e. The van der Waals surface area contributed by atoms with Crippen molar-refractivity contribution in [2.45, 2.75) is 27.2 Å². The highest BCUT2D eigenvalue weighted by Crippen LogP contribution is 2.13. The van der Waals surface area contributed by atoms with Crippen LogP contribution in [-0.2, 0) is 0 Å². The van der Waals surface area contributed by atoms with Crippen LogP contribution in [0, 0.1) is 18.7 Å². The van der Waals surface area contributed by atoms with E-state index in [-0.39, 0.29) is 24.1 Å². The molecule has 0 saturated carbocycles. The molecule has 3 N–H and O–H groups in total. The molecule has 5 nitrogen and oxygen atoms in total. The number of carbonyl (C=O) groups excluding carboxylic acids is 1. The summed E-state index contributed by atoms with van der Waals surface area (Å²) in [6.45, 7) is 6.56. The van der Waals surface area contributed by atoms with Crippen LogP contribution in [0.15, 0.2) is 23.4 Å². The minimum Gasteiger partial charge on any atom is -0.409 e. The van der Waals surface area contributed by atoms with Gasteiger partial charge in [-0.1, -0.05) is 19.0 Å². The summed E-state index contributed by atoms with van der Waals surface area (Å²) in [6, 6.07) is 4.26. The predicted molar refractivity (Wildman–Crippen MR) is 79.9 cm³/mol. The molecular formula is C15H22FN3O2. The molecule has 0 radical (unpaired) electrons. The lowest BCUT2D eigenvalue weighted by Crippen LogP contribution is -2.36. The van der Waals surface area contributed by atoms with Gasteiger partial charge in [0.15, 0.2) is 0 Å². The topological polar surface area (TPSA) is 78.9 Å². The number of nitrogens with two attached hydrogens (primary N) is 1. The first-order valence-corrected chi connectivity index (χ1v) is 6.86. The second kappa shape index (κ2) is 7.61. The average molecular weight is 295 g/mol. The Morgan fingerprint density at radius 2 is 2.10 bits per heavy atom. The van der Waals surface area contributed by atoms with Gasteiger partial charge >= 0.3 is 0 Å². The molecule has 0 unspecified atom stereocenters. The molecule has 1 aromatic rings. The first kappa shape index (κ1) is 16.9. The maximum atomic E-state index is 13.4. The fraction of sp³-hybridized carbons (Fsp3) is 0.467. The standard InChI is InChI=1S/C15H22FN3O2/c1-10(2)9-19(5-4-14(17)18-21)15(20)12-6-11(3)7-13(16)8-12/h6-8,10,21H,4-5,9H2,1-3H3,(H2,17,18). The van der Waals surface area contributed by atoms with Crippen molar-refractivity contribution < 1.29 is 14.4 Å². The van der Waals surface area contributed by atoms with Gasteiger partial charge in [-0.15, -0.1) is 0 Å². The zero-order chi connectivity index (χ0) is 16.0. The third-order valence-corrected chi connectivity index (χ3v) is 2.93. The fourth-order valence-electron chi connectivity index (χ4n) is 2.06. The van der Waals surface area contributed by atoms with Crippen LogP contribution in [-0.4, -0.2) is 34.9 Å². The maximum absolute atomic E-state index is 13.4. The number of rotatable bonds is 6. The highest BCUT2D eigenvalue weighted by Gasteiger charge is 2.18. The molecule has 6 heteroatoms. The van der Waals surface area contributed by atoms with Gasteiger partial charge in [-0.25, -0.2) is 4.39 Å². The van der Waals surface area contributed by atoms with Crippen LogP contribution in [0.2, 0.25) is 0 Å². The van der Waals surface area contributed by atoms with Crippen LogP contribution in [0.25, 0.3) is 0 Å². The van der Waals surface area contributed by atoms with Gasteiger partial charge in [-0.3, -0.25) is 4.79 Å². The van der Waals surface area contributed by atoms with Crippen molar-refractivity contribution >= 4 is 11.7 Å². The molecule has 0 fully saturated rings. The zero-order valence-corrected chi connectivity index (χ0v) is 12.6. The number of hydrogen-bond acceptors (Lipinski definition) is 3. The van der Waals surface area contributed by atoms with Gasteiger partial charge < -0.3 is 15.8 Å². The molecule has 0 spiro atoms. The smallest absolute Gasteiger partial charge is 0.253 e. The molecule has 1 aromatic carbocycles. The molecule has 0 aliphatic rings. The van der Waals surface area contributed by atoms with Gasteiger partial charge in [0.1, 0.15) is 11.7 Å². The highest BCUT2D eigenvalue weighted by molar-refractivity contribution is 5.94. The molecule has 0 aromatic heterocycles. The molecule has 0 aliphatic heterocycles. The summed E-state index contributed by atoms with van der Waals surface area (Å²) in [5.41, 5.74) is 6.45. The van der Waals surface area contributed by atoms with Crippen LogP contribution < -0.4 is 5.73 Å². The van der Waals surface area contributed by atoms with Crippen molar-refractivity contribution in [1.29, 1.82) is 0 Å². The van der Waals surface area contributed by atoms with Crippen LogP contribution in [0.3, 0.4) is 0 Å². The Morgan fingerprint density at radius 3 is 2.62 bits per heavy atom. The van der Waals surface area contributed by atoms with Crippen LogP contribution in [0.5, 0.6) is 0 Å². The summed E-state index contributed by atoms with van der Waals surface area (Å²) in [5.74, 6) is -0.362. The largest absolute Gasteiger partial charge is 0.409 e. The van der Waals surface area contributed by atoms with E-state index in [1.165, 1.54) is 12.1 Å². The fourth-order valence-corrected chi connectivity index (χ4v) is 2.06. The van der Waals surface area contributed by atoms with E-state index >= 15 is 0 Å². The highest BCUT2D eigenvalue weighted by atomic mass is 19.1. The van der Waals surface area contributed by atoms with Crippen molar-refractivity contribution in [3.05, 3.63) is 35.1 Å². The second-order valence-electron chi connectivity index (χ2n) is 5.50. The van der Waals surface area contributed by atoms with Crippen LogP contribution >= 0.6 is 0 Å². The van der Waals surface area contributed by atoms with Gasteiger partial charge in [0.25, 0.3) is 5.91 Å². The number of hydrogen-bond donors (Lipinski definition) is 2. The summed E-state index contributed by atoms with van der Waals surface area (Å²) in [6.07, 6.45) is 0.267. The number of carbonyl (C=O) groups is 1. The Hall–Kier alpha value is -2.11. The van der Waals surface area contributed by atoms with Crippen molar-refractivity contribution in [2.24, 2.45) is 16.8 Å². The summed E-state index contributed by atoms with van der Waals surface area (Å²) in [5, 5.41) is 11.5. The number of amides is 1. The summed E-state index contributed by atoms with van der Waals surface area (Å²) in [4.78, 5) is 14.1. The third kappa shape index (κ3) is 5.41. The Kier molecular flexibility index (Phi) is 6.14. The minimum atomic E-state index is -0.431. The molecule has 21 heavy (non-hydrogen) atoms. The summed E-state index contributed by atoms with van der Waals surface area (Å²) >= 11 is 0. The van der Waals surface area contributed by atoms with Crippen molar-refractivity contribution in [3.63, 3.8) is 0 Å². The first-order valence-electron chi connectivity index (χ1n) is 6.86. The van der Waals surface area contributed by atoms with Crippen molar-refractivity contribution in [3.8, 4) is 0 Å².